The average Bonchev–Trinajstić information content (AvgIpc) is 2.25. The predicted octanol–water partition coefficient (Wildman–Crippen LogP) is 2.18. The molecule has 0 aliphatic carbocycles. The lowest BCUT2D eigenvalue weighted by Crippen LogP contribution is -2.42. The molecular formula is C14H23N3O. The van der Waals surface area contributed by atoms with E-state index >= 15 is 0 Å². The van der Waals surface area contributed by atoms with Crippen molar-refractivity contribution in [2.75, 3.05) is 6.54 Å². The van der Waals surface area contributed by atoms with Gasteiger partial charge in [-0.1, -0.05) is 0 Å². The van der Waals surface area contributed by atoms with Gasteiger partial charge in [-0.05, 0) is 47.0 Å². The van der Waals surface area contributed by atoms with Crippen molar-refractivity contribution in [1.82, 2.24) is 10.2 Å². The molecule has 1 heterocycles. The molecular weight excluding hydrogens is 226 g/mol. The van der Waals surface area contributed by atoms with Crippen molar-refractivity contribution in [2.45, 2.75) is 58.5 Å². The first-order valence-electron chi connectivity index (χ1n) is 6.53. The molecule has 4 nitrogen and oxygen atoms in total. The highest BCUT2D eigenvalue weighted by Crippen LogP contribution is 2.17. The lowest BCUT2D eigenvalue weighted by molar-refractivity contribution is -0.118. The fourth-order valence-electron chi connectivity index (χ4n) is 2.02. The second-order valence-electron chi connectivity index (χ2n) is 5.94. The Balaban J connectivity index is 2.76. The molecule has 1 atom stereocenters. The number of carbonyl (C=O) groups excluding carboxylic acids is 1. The van der Waals surface area contributed by atoms with E-state index in [0.717, 1.165) is 19.4 Å². The fourth-order valence-corrected chi connectivity index (χ4v) is 2.02. The van der Waals surface area contributed by atoms with Crippen molar-refractivity contribution in [3.63, 3.8) is 0 Å². The standard InChI is InChI=1S/C14H23N3O/c1-11-7-5-6-8-17(11)10-12(9-15)13(18)16-14(2,3)4/h10-11H,5-8H2,1-4H3,(H,16,18)/b12-10-. The van der Waals surface area contributed by atoms with Crippen LogP contribution in [0.1, 0.15) is 47.0 Å². The largest absolute Gasteiger partial charge is 0.373 e. The molecule has 0 aromatic heterocycles. The molecule has 1 unspecified atom stereocenters. The molecule has 0 aromatic rings. The van der Waals surface area contributed by atoms with E-state index in [1.165, 1.54) is 6.42 Å². The van der Waals surface area contributed by atoms with Gasteiger partial charge < -0.3 is 10.2 Å². The van der Waals surface area contributed by atoms with E-state index in [4.69, 9.17) is 5.26 Å². The van der Waals surface area contributed by atoms with Gasteiger partial charge in [-0.15, -0.1) is 0 Å². The molecule has 4 heteroatoms. The van der Waals surface area contributed by atoms with Gasteiger partial charge in [0.2, 0.25) is 0 Å². The van der Waals surface area contributed by atoms with Crippen LogP contribution in [-0.2, 0) is 4.79 Å². The van der Waals surface area contributed by atoms with Crippen molar-refractivity contribution in [3.8, 4) is 6.07 Å². The van der Waals surface area contributed by atoms with Gasteiger partial charge in [0, 0.05) is 24.3 Å². The first-order valence-corrected chi connectivity index (χ1v) is 6.53. The Hall–Kier alpha value is -1.50. The van der Waals surface area contributed by atoms with Crippen LogP contribution in [-0.4, -0.2) is 28.9 Å². The lowest BCUT2D eigenvalue weighted by atomic mass is 10.0. The summed E-state index contributed by atoms with van der Waals surface area (Å²) in [5.41, 5.74) is -0.126. The van der Waals surface area contributed by atoms with Crippen LogP contribution in [0.5, 0.6) is 0 Å². The third-order valence-corrected chi connectivity index (χ3v) is 3.00. The van der Waals surface area contributed by atoms with E-state index < -0.39 is 0 Å². The number of hydrogen-bond acceptors (Lipinski definition) is 3. The number of piperidine rings is 1. The Kier molecular flexibility index (Phi) is 4.77. The van der Waals surface area contributed by atoms with Crippen LogP contribution in [0.3, 0.4) is 0 Å². The zero-order valence-electron chi connectivity index (χ0n) is 11.8. The monoisotopic (exact) mass is 249 g/mol. The molecule has 1 N–H and O–H groups in total. The van der Waals surface area contributed by atoms with E-state index in [1.807, 2.05) is 26.8 Å². The minimum Gasteiger partial charge on any atom is -0.373 e. The SMILES string of the molecule is CC1CCCCN1/C=C(/C#N)C(=O)NC(C)(C)C. The summed E-state index contributed by atoms with van der Waals surface area (Å²) in [4.78, 5) is 14.0. The smallest absolute Gasteiger partial charge is 0.263 e. The maximum atomic E-state index is 11.9. The van der Waals surface area contributed by atoms with Gasteiger partial charge in [0.25, 0.3) is 5.91 Å². The Morgan fingerprint density at radius 2 is 2.11 bits per heavy atom. The molecule has 0 saturated carbocycles. The van der Waals surface area contributed by atoms with E-state index in [2.05, 4.69) is 17.1 Å². The van der Waals surface area contributed by atoms with Gasteiger partial charge in [0.05, 0.1) is 0 Å². The quantitative estimate of drug-likeness (QED) is 0.603. The average molecular weight is 249 g/mol. The Labute approximate surface area is 110 Å². The van der Waals surface area contributed by atoms with E-state index in [-0.39, 0.29) is 17.0 Å². The van der Waals surface area contributed by atoms with Crippen LogP contribution in [0.4, 0.5) is 0 Å². The summed E-state index contributed by atoms with van der Waals surface area (Å²) in [6.45, 7) is 8.78. The number of carbonyl (C=O) groups is 1. The molecule has 1 rings (SSSR count). The first-order chi connectivity index (χ1) is 8.33. The highest BCUT2D eigenvalue weighted by Gasteiger charge is 2.20. The summed E-state index contributed by atoms with van der Waals surface area (Å²) in [7, 11) is 0. The Morgan fingerprint density at radius 1 is 1.44 bits per heavy atom. The minimum atomic E-state index is -0.319. The Bertz CT molecular complexity index is 373. The molecule has 0 spiro atoms. The Morgan fingerprint density at radius 3 is 2.61 bits per heavy atom. The fraction of sp³-hybridized carbons (Fsp3) is 0.714. The highest BCUT2D eigenvalue weighted by atomic mass is 16.1. The molecule has 1 amide bonds. The van der Waals surface area contributed by atoms with Crippen molar-refractivity contribution >= 4 is 5.91 Å². The third kappa shape index (κ3) is 4.40. The second kappa shape index (κ2) is 5.90. The number of rotatable bonds is 2. The molecule has 0 aromatic carbocycles. The summed E-state index contributed by atoms with van der Waals surface area (Å²) >= 11 is 0. The van der Waals surface area contributed by atoms with Crippen LogP contribution >= 0.6 is 0 Å². The van der Waals surface area contributed by atoms with Gasteiger partial charge in [-0.3, -0.25) is 4.79 Å². The second-order valence-corrected chi connectivity index (χ2v) is 5.94. The summed E-state index contributed by atoms with van der Waals surface area (Å²) in [5.74, 6) is -0.289. The predicted molar refractivity (Wildman–Crippen MR) is 71.6 cm³/mol. The third-order valence-electron chi connectivity index (χ3n) is 3.00. The van der Waals surface area contributed by atoms with Gasteiger partial charge in [0.15, 0.2) is 0 Å². The summed E-state index contributed by atoms with van der Waals surface area (Å²) in [6, 6.07) is 2.41. The zero-order valence-corrected chi connectivity index (χ0v) is 11.8. The normalized spacial score (nSPS) is 21.4. The van der Waals surface area contributed by atoms with E-state index in [1.54, 1.807) is 6.20 Å². The highest BCUT2D eigenvalue weighted by molar-refractivity contribution is 5.97. The molecule has 1 saturated heterocycles. The topological polar surface area (TPSA) is 56.1 Å². The van der Waals surface area contributed by atoms with Crippen LogP contribution in [0.2, 0.25) is 0 Å². The zero-order chi connectivity index (χ0) is 13.8. The van der Waals surface area contributed by atoms with E-state index in [0.29, 0.717) is 6.04 Å². The molecule has 1 aliphatic heterocycles. The van der Waals surface area contributed by atoms with Crippen molar-refractivity contribution < 1.29 is 4.79 Å². The summed E-state index contributed by atoms with van der Waals surface area (Å²) in [6.07, 6.45) is 5.18. The number of nitrogens with one attached hydrogen (secondary N) is 1. The summed E-state index contributed by atoms with van der Waals surface area (Å²) < 4.78 is 0. The number of amides is 1. The van der Waals surface area contributed by atoms with Crippen LogP contribution in [0.25, 0.3) is 0 Å². The summed E-state index contributed by atoms with van der Waals surface area (Å²) in [5, 5.41) is 11.9. The van der Waals surface area contributed by atoms with Crippen LogP contribution in [0.15, 0.2) is 11.8 Å². The maximum absolute atomic E-state index is 11.9. The van der Waals surface area contributed by atoms with Gasteiger partial charge in [-0.25, -0.2) is 0 Å². The molecule has 0 radical (unpaired) electrons. The van der Waals surface area contributed by atoms with Crippen molar-refractivity contribution in [2.24, 2.45) is 0 Å². The van der Waals surface area contributed by atoms with Crippen molar-refractivity contribution in [3.05, 3.63) is 11.8 Å². The maximum Gasteiger partial charge on any atom is 0.263 e. The molecule has 1 aliphatic rings. The van der Waals surface area contributed by atoms with Crippen LogP contribution < -0.4 is 5.32 Å². The van der Waals surface area contributed by atoms with Gasteiger partial charge >= 0.3 is 0 Å². The number of likely N-dealkylation sites (tertiary alicyclic amines) is 1. The lowest BCUT2D eigenvalue weighted by Gasteiger charge is -2.32. The van der Waals surface area contributed by atoms with Gasteiger partial charge in [-0.2, -0.15) is 5.26 Å². The number of nitrogens with zero attached hydrogens (tertiary/aromatic N) is 2. The van der Waals surface area contributed by atoms with Crippen LogP contribution in [0, 0.1) is 11.3 Å². The number of nitriles is 1. The molecule has 100 valence electrons. The van der Waals surface area contributed by atoms with Gasteiger partial charge in [0.1, 0.15) is 11.6 Å². The van der Waals surface area contributed by atoms with E-state index in [9.17, 15) is 4.79 Å². The minimum absolute atomic E-state index is 0.193. The first kappa shape index (κ1) is 14.6. The molecule has 0 bridgehead atoms. The number of hydrogen-bond donors (Lipinski definition) is 1. The molecule has 18 heavy (non-hydrogen) atoms. The van der Waals surface area contributed by atoms with Crippen molar-refractivity contribution in [1.29, 1.82) is 5.26 Å². The molecule has 1 fully saturated rings.